The summed E-state index contributed by atoms with van der Waals surface area (Å²) in [5.41, 5.74) is -1.16. The molecule has 0 saturated heterocycles. The molecule has 1 aromatic carbocycles. The Balaban J connectivity index is 3.52. The molecule has 1 aromatic rings. The first-order valence-electron chi connectivity index (χ1n) is 3.86. The number of Topliss-reactive ketones (excluding diaryl/α,β-unsaturated/α-hetero) is 1. The van der Waals surface area contributed by atoms with E-state index in [0.717, 1.165) is 13.0 Å². The lowest BCUT2D eigenvalue weighted by Gasteiger charge is -2.00. The molecule has 76 valence electrons. The van der Waals surface area contributed by atoms with Crippen LogP contribution in [0.2, 0.25) is 0 Å². The molecule has 0 saturated carbocycles. The van der Waals surface area contributed by atoms with Gasteiger partial charge in [0, 0.05) is 11.6 Å². The van der Waals surface area contributed by atoms with Crippen molar-refractivity contribution >= 4 is 11.5 Å². The lowest BCUT2D eigenvalue weighted by molar-refractivity contribution is -0.387. The Bertz CT molecular complexity index is 491. The smallest absolute Gasteiger partial charge is 0.294 e. The molecule has 0 aliphatic carbocycles. The zero-order chi connectivity index (χ0) is 11.6. The minimum atomic E-state index is -1.12. The summed E-state index contributed by atoms with van der Waals surface area (Å²) in [6.07, 6.45) is 0. The predicted octanol–water partition coefficient (Wildman–Crippen LogP) is 1.81. The van der Waals surface area contributed by atoms with Gasteiger partial charge in [-0.15, -0.1) is 0 Å². The fraction of sp³-hybridized carbons (Fsp3) is 0.111. The van der Waals surface area contributed by atoms with Gasteiger partial charge < -0.3 is 0 Å². The number of nitriles is 1. The zero-order valence-corrected chi connectivity index (χ0v) is 7.65. The third-order valence-electron chi connectivity index (χ3n) is 1.78. The number of rotatable bonds is 2. The largest absolute Gasteiger partial charge is 0.305 e. The molecule has 1 rings (SSSR count). The molecular weight excluding hydrogens is 203 g/mol. The van der Waals surface area contributed by atoms with Crippen molar-refractivity contribution in [3.8, 4) is 6.07 Å². The standard InChI is InChI=1S/C9H5FN2O3/c1-5(13)7-3-9(12(14)15)8(10)2-6(7)4-11/h2-3H,1H3. The van der Waals surface area contributed by atoms with E-state index < -0.39 is 22.2 Å². The van der Waals surface area contributed by atoms with Gasteiger partial charge in [-0.05, 0) is 13.0 Å². The van der Waals surface area contributed by atoms with E-state index in [1.54, 1.807) is 6.07 Å². The van der Waals surface area contributed by atoms with Crippen LogP contribution in [0.3, 0.4) is 0 Å². The van der Waals surface area contributed by atoms with Crippen LogP contribution >= 0.6 is 0 Å². The van der Waals surface area contributed by atoms with Crippen molar-refractivity contribution in [3.05, 3.63) is 39.2 Å². The van der Waals surface area contributed by atoms with Gasteiger partial charge in [0.2, 0.25) is 5.82 Å². The summed E-state index contributed by atoms with van der Waals surface area (Å²) in [6.45, 7) is 1.15. The van der Waals surface area contributed by atoms with E-state index in [1.807, 2.05) is 0 Å². The number of halogens is 1. The molecule has 0 bridgehead atoms. The van der Waals surface area contributed by atoms with E-state index in [9.17, 15) is 19.3 Å². The number of nitro groups is 1. The first-order valence-corrected chi connectivity index (χ1v) is 3.86. The van der Waals surface area contributed by atoms with Crippen LogP contribution in [-0.2, 0) is 0 Å². The van der Waals surface area contributed by atoms with E-state index in [0.29, 0.717) is 6.07 Å². The van der Waals surface area contributed by atoms with E-state index in [1.165, 1.54) is 0 Å². The molecule has 0 aliphatic rings. The number of ketones is 1. The highest BCUT2D eigenvalue weighted by molar-refractivity contribution is 5.97. The van der Waals surface area contributed by atoms with Gasteiger partial charge in [-0.25, -0.2) is 0 Å². The number of hydrogen-bond donors (Lipinski definition) is 0. The molecule has 0 aliphatic heterocycles. The second-order valence-corrected chi connectivity index (χ2v) is 2.77. The number of benzene rings is 1. The van der Waals surface area contributed by atoms with Crippen LogP contribution in [0.5, 0.6) is 0 Å². The van der Waals surface area contributed by atoms with Gasteiger partial charge in [-0.3, -0.25) is 14.9 Å². The van der Waals surface area contributed by atoms with Crippen LogP contribution in [0, 0.1) is 27.3 Å². The van der Waals surface area contributed by atoms with Crippen LogP contribution in [-0.4, -0.2) is 10.7 Å². The summed E-state index contributed by atoms with van der Waals surface area (Å²) in [4.78, 5) is 20.4. The Morgan fingerprint density at radius 3 is 2.60 bits per heavy atom. The average molecular weight is 208 g/mol. The van der Waals surface area contributed by atoms with Crippen molar-refractivity contribution < 1.29 is 14.1 Å². The third-order valence-corrected chi connectivity index (χ3v) is 1.78. The molecule has 0 fully saturated rings. The zero-order valence-electron chi connectivity index (χ0n) is 7.65. The number of hydrogen-bond acceptors (Lipinski definition) is 4. The molecule has 0 aromatic heterocycles. The summed E-state index contributed by atoms with van der Waals surface area (Å²) in [5, 5.41) is 19.0. The SMILES string of the molecule is CC(=O)c1cc([N+](=O)[O-])c(F)cc1C#N. The van der Waals surface area contributed by atoms with E-state index >= 15 is 0 Å². The molecule has 0 amide bonds. The van der Waals surface area contributed by atoms with Gasteiger partial charge in [0.15, 0.2) is 5.78 Å². The lowest BCUT2D eigenvalue weighted by Crippen LogP contribution is -2.01. The molecule has 6 heteroatoms. The van der Waals surface area contributed by atoms with Crippen LogP contribution in [0.15, 0.2) is 12.1 Å². The highest BCUT2D eigenvalue weighted by Gasteiger charge is 2.19. The topological polar surface area (TPSA) is 84.0 Å². The van der Waals surface area contributed by atoms with E-state index in [2.05, 4.69) is 0 Å². The highest BCUT2D eigenvalue weighted by Crippen LogP contribution is 2.22. The fourth-order valence-corrected chi connectivity index (χ4v) is 1.09. The van der Waals surface area contributed by atoms with Gasteiger partial charge in [-0.1, -0.05) is 0 Å². The summed E-state index contributed by atoms with van der Waals surface area (Å²) >= 11 is 0. The summed E-state index contributed by atoms with van der Waals surface area (Å²) in [7, 11) is 0. The van der Waals surface area contributed by atoms with Gasteiger partial charge >= 0.3 is 5.69 Å². The Hall–Kier alpha value is -2.29. The Morgan fingerprint density at radius 2 is 2.20 bits per heavy atom. The molecule has 0 atom stereocenters. The summed E-state index contributed by atoms with van der Waals surface area (Å²) in [6, 6.07) is 3.06. The van der Waals surface area contributed by atoms with Crippen molar-refractivity contribution in [1.82, 2.24) is 0 Å². The molecule has 5 nitrogen and oxygen atoms in total. The number of carbonyl (C=O) groups is 1. The molecular formula is C9H5FN2O3. The Labute approximate surface area is 83.9 Å². The monoisotopic (exact) mass is 208 g/mol. The molecule has 15 heavy (non-hydrogen) atoms. The number of nitrogens with zero attached hydrogens (tertiary/aromatic N) is 2. The molecule has 0 unspecified atom stereocenters. The maximum atomic E-state index is 13.0. The van der Waals surface area contributed by atoms with E-state index in [-0.39, 0.29) is 11.1 Å². The molecule has 0 heterocycles. The second-order valence-electron chi connectivity index (χ2n) is 2.77. The Morgan fingerprint density at radius 1 is 1.60 bits per heavy atom. The summed E-state index contributed by atoms with van der Waals surface area (Å²) in [5.74, 6) is -1.64. The first-order chi connectivity index (χ1) is 6.97. The first kappa shape index (κ1) is 10.8. The van der Waals surface area contributed by atoms with Crippen molar-refractivity contribution in [2.75, 3.05) is 0 Å². The maximum Gasteiger partial charge on any atom is 0.305 e. The minimum Gasteiger partial charge on any atom is -0.294 e. The normalized spacial score (nSPS) is 9.40. The van der Waals surface area contributed by atoms with Crippen LogP contribution in [0.1, 0.15) is 22.8 Å². The quantitative estimate of drug-likeness (QED) is 0.421. The maximum absolute atomic E-state index is 13.0. The predicted molar refractivity (Wildman–Crippen MR) is 47.8 cm³/mol. The second kappa shape index (κ2) is 3.84. The van der Waals surface area contributed by atoms with Crippen LogP contribution < -0.4 is 0 Å². The average Bonchev–Trinajstić information content (AvgIpc) is 2.16. The van der Waals surface area contributed by atoms with Gasteiger partial charge in [0.25, 0.3) is 0 Å². The van der Waals surface area contributed by atoms with Crippen LogP contribution in [0.4, 0.5) is 10.1 Å². The number of carbonyl (C=O) groups excluding carboxylic acids is 1. The van der Waals surface area contributed by atoms with Crippen molar-refractivity contribution in [2.24, 2.45) is 0 Å². The third kappa shape index (κ3) is 1.96. The highest BCUT2D eigenvalue weighted by atomic mass is 19.1. The fourth-order valence-electron chi connectivity index (χ4n) is 1.09. The molecule has 0 spiro atoms. The van der Waals surface area contributed by atoms with Crippen molar-refractivity contribution in [2.45, 2.75) is 6.92 Å². The summed E-state index contributed by atoms with van der Waals surface area (Å²) < 4.78 is 13.0. The van der Waals surface area contributed by atoms with Gasteiger partial charge in [0.1, 0.15) is 0 Å². The van der Waals surface area contributed by atoms with Crippen molar-refractivity contribution in [1.29, 1.82) is 5.26 Å². The Kier molecular flexibility index (Phi) is 2.76. The van der Waals surface area contributed by atoms with Crippen molar-refractivity contribution in [3.63, 3.8) is 0 Å². The van der Waals surface area contributed by atoms with Gasteiger partial charge in [-0.2, -0.15) is 9.65 Å². The minimum absolute atomic E-state index is 0.148. The van der Waals surface area contributed by atoms with Gasteiger partial charge in [0.05, 0.1) is 16.6 Å². The lowest BCUT2D eigenvalue weighted by atomic mass is 10.0. The van der Waals surface area contributed by atoms with E-state index in [4.69, 9.17) is 5.26 Å². The molecule has 0 N–H and O–H groups in total. The number of nitro benzene ring substituents is 1. The van der Waals surface area contributed by atoms with Crippen LogP contribution in [0.25, 0.3) is 0 Å². The molecule has 0 radical (unpaired) electrons.